The van der Waals surface area contributed by atoms with Crippen molar-refractivity contribution in [1.82, 2.24) is 4.68 Å². The maximum Gasteiger partial charge on any atom is 0.287 e. The Kier molecular flexibility index (Phi) is 6.09. The molecule has 192 valence electrons. The molecule has 1 saturated carbocycles. The SMILES string of the molecule is CC(CCc1csc2c1S(=O)(=O)N=C(c1c(O)c3ccccc3n(NCC3CC3)c1=O)N2)S(N)(=O)=O. The van der Waals surface area contributed by atoms with Crippen molar-refractivity contribution in [3.63, 3.8) is 0 Å². The van der Waals surface area contributed by atoms with Gasteiger partial charge in [-0.1, -0.05) is 12.1 Å². The third-order valence-electron chi connectivity index (χ3n) is 6.42. The molecule has 3 heterocycles. The van der Waals surface area contributed by atoms with E-state index in [9.17, 15) is 26.7 Å². The predicted molar refractivity (Wildman–Crippen MR) is 139 cm³/mol. The van der Waals surface area contributed by atoms with E-state index in [1.54, 1.807) is 29.6 Å². The van der Waals surface area contributed by atoms with E-state index in [0.29, 0.717) is 28.9 Å². The smallest absolute Gasteiger partial charge is 0.287 e. The summed E-state index contributed by atoms with van der Waals surface area (Å²) >= 11 is 1.10. The first-order valence-electron chi connectivity index (χ1n) is 11.3. The number of aromatic nitrogens is 1. The van der Waals surface area contributed by atoms with Gasteiger partial charge >= 0.3 is 0 Å². The van der Waals surface area contributed by atoms with Gasteiger partial charge < -0.3 is 15.8 Å². The highest BCUT2D eigenvalue weighted by molar-refractivity contribution is 7.91. The molecule has 5 N–H and O–H groups in total. The van der Waals surface area contributed by atoms with E-state index >= 15 is 0 Å². The lowest BCUT2D eigenvalue weighted by Crippen LogP contribution is -2.36. The van der Waals surface area contributed by atoms with Crippen LogP contribution in [0.25, 0.3) is 10.9 Å². The van der Waals surface area contributed by atoms with Gasteiger partial charge in [0.05, 0.1) is 10.8 Å². The first kappa shape index (κ1) is 24.7. The maximum atomic E-state index is 13.5. The highest BCUT2D eigenvalue weighted by atomic mass is 32.2. The van der Waals surface area contributed by atoms with Crippen molar-refractivity contribution in [2.75, 3.05) is 17.3 Å². The average molecular weight is 552 g/mol. The molecular weight excluding hydrogens is 526 g/mol. The van der Waals surface area contributed by atoms with E-state index in [-0.39, 0.29) is 39.9 Å². The lowest BCUT2D eigenvalue weighted by molar-refractivity contribution is 0.478. The summed E-state index contributed by atoms with van der Waals surface area (Å²) in [7, 11) is -8.00. The largest absolute Gasteiger partial charge is 0.506 e. The normalized spacial score (nSPS) is 17.8. The van der Waals surface area contributed by atoms with E-state index in [1.165, 1.54) is 11.6 Å². The van der Waals surface area contributed by atoms with Crippen molar-refractivity contribution in [3.8, 4) is 5.75 Å². The second-order valence-corrected chi connectivity index (χ2v) is 13.5. The van der Waals surface area contributed by atoms with Crippen LogP contribution in [-0.4, -0.2) is 44.2 Å². The van der Waals surface area contributed by atoms with Crippen LogP contribution in [0.4, 0.5) is 5.00 Å². The summed E-state index contributed by atoms with van der Waals surface area (Å²) < 4.78 is 54.7. The van der Waals surface area contributed by atoms with Gasteiger partial charge in [-0.05, 0) is 61.6 Å². The molecule has 14 heteroatoms. The van der Waals surface area contributed by atoms with Crippen LogP contribution < -0.4 is 21.4 Å². The fraction of sp³-hybridized carbons (Fsp3) is 0.364. The van der Waals surface area contributed by atoms with E-state index in [1.807, 2.05) is 0 Å². The Morgan fingerprint density at radius 2 is 2.06 bits per heavy atom. The summed E-state index contributed by atoms with van der Waals surface area (Å²) in [5.74, 6) is -0.185. The summed E-state index contributed by atoms with van der Waals surface area (Å²) in [6.07, 6.45) is 2.43. The molecule has 1 unspecified atom stereocenters. The molecule has 1 fully saturated rings. The second-order valence-electron chi connectivity index (χ2n) is 9.08. The molecule has 2 aromatic heterocycles. The minimum absolute atomic E-state index is 0.0645. The van der Waals surface area contributed by atoms with Gasteiger partial charge in [0.2, 0.25) is 10.0 Å². The highest BCUT2D eigenvalue weighted by Crippen LogP contribution is 2.39. The number of sulfonamides is 2. The Bertz CT molecular complexity index is 1670. The number of nitrogens with zero attached hydrogens (tertiary/aromatic N) is 2. The van der Waals surface area contributed by atoms with Crippen molar-refractivity contribution in [2.45, 2.75) is 42.8 Å². The quantitative estimate of drug-likeness (QED) is 0.328. The van der Waals surface area contributed by atoms with Gasteiger partial charge in [0.1, 0.15) is 21.2 Å². The Morgan fingerprint density at radius 1 is 1.33 bits per heavy atom. The fourth-order valence-electron chi connectivity index (χ4n) is 4.09. The van der Waals surface area contributed by atoms with E-state index < -0.39 is 30.9 Å². The number of thiophene rings is 1. The zero-order valence-corrected chi connectivity index (χ0v) is 21.7. The number of hydrogen-bond acceptors (Lipinski definition) is 9. The van der Waals surface area contributed by atoms with Crippen LogP contribution in [0.15, 0.2) is 43.7 Å². The number of fused-ring (bicyclic) bond motifs is 2. The van der Waals surface area contributed by atoms with Gasteiger partial charge in [-0.25, -0.2) is 18.2 Å². The van der Waals surface area contributed by atoms with Gasteiger partial charge in [-0.2, -0.15) is 8.42 Å². The minimum atomic E-state index is -4.25. The zero-order valence-electron chi connectivity index (χ0n) is 19.3. The average Bonchev–Trinajstić information content (AvgIpc) is 3.54. The number of benzene rings is 1. The minimum Gasteiger partial charge on any atom is -0.506 e. The standard InChI is InChI=1S/C22H25N5O6S3/c1-12(35(23,30)31)6-9-14-11-34-21-19(14)36(32,33)26-20(25-21)17-18(28)15-4-2-3-5-16(15)27(22(17)29)24-10-13-7-8-13/h2-5,11-13,24,28H,6-10H2,1H3,(H,25,26)(H2,23,30,31). The van der Waals surface area contributed by atoms with Crippen molar-refractivity contribution in [3.05, 3.63) is 51.1 Å². The summed E-state index contributed by atoms with van der Waals surface area (Å²) in [5.41, 5.74) is 3.10. The van der Waals surface area contributed by atoms with Crippen LogP contribution >= 0.6 is 11.3 Å². The molecule has 0 radical (unpaired) electrons. The van der Waals surface area contributed by atoms with E-state index in [4.69, 9.17) is 5.14 Å². The van der Waals surface area contributed by atoms with Gasteiger partial charge in [0.25, 0.3) is 15.6 Å². The van der Waals surface area contributed by atoms with Gasteiger partial charge in [0.15, 0.2) is 5.84 Å². The Balaban J connectivity index is 1.56. The first-order valence-corrected chi connectivity index (χ1v) is 15.2. The number of primary sulfonamides is 1. The molecule has 0 saturated heterocycles. The first-order chi connectivity index (χ1) is 17.0. The summed E-state index contributed by atoms with van der Waals surface area (Å²) in [4.78, 5) is 13.4. The van der Waals surface area contributed by atoms with Crippen molar-refractivity contribution < 1.29 is 21.9 Å². The fourth-order valence-corrected chi connectivity index (χ4v) is 7.21. The molecule has 1 aliphatic heterocycles. The molecule has 36 heavy (non-hydrogen) atoms. The molecule has 11 nitrogen and oxygen atoms in total. The second kappa shape index (κ2) is 8.87. The van der Waals surface area contributed by atoms with Crippen molar-refractivity contribution in [2.24, 2.45) is 15.5 Å². The lowest BCUT2D eigenvalue weighted by atomic mass is 10.1. The van der Waals surface area contributed by atoms with Crippen LogP contribution in [-0.2, 0) is 26.5 Å². The Morgan fingerprint density at radius 3 is 2.75 bits per heavy atom. The molecule has 1 aromatic carbocycles. The number of aryl methyl sites for hydroxylation is 1. The van der Waals surface area contributed by atoms with E-state index in [2.05, 4.69) is 15.1 Å². The monoisotopic (exact) mass is 551 g/mol. The highest BCUT2D eigenvalue weighted by Gasteiger charge is 2.34. The van der Waals surface area contributed by atoms with Gasteiger partial charge in [0, 0.05) is 11.9 Å². The molecule has 1 atom stereocenters. The molecule has 0 bridgehead atoms. The van der Waals surface area contributed by atoms with E-state index in [0.717, 1.165) is 24.2 Å². The molecule has 2 aliphatic rings. The number of anilines is 1. The number of para-hydroxylation sites is 1. The molecule has 1 aliphatic carbocycles. The third-order valence-corrected chi connectivity index (χ3v) is 10.3. The van der Waals surface area contributed by atoms with Crippen LogP contribution in [0.5, 0.6) is 5.75 Å². The summed E-state index contributed by atoms with van der Waals surface area (Å²) in [6.45, 7) is 2.03. The van der Waals surface area contributed by atoms with Crippen LogP contribution in [0.3, 0.4) is 0 Å². The Labute approximate surface area is 211 Å². The zero-order chi connectivity index (χ0) is 25.8. The number of hydrogen-bond donors (Lipinski definition) is 4. The van der Waals surface area contributed by atoms with Crippen molar-refractivity contribution in [1.29, 1.82) is 0 Å². The molecule has 0 spiro atoms. The Hall–Kier alpha value is -2.94. The number of nitrogens with one attached hydrogen (secondary N) is 2. The lowest BCUT2D eigenvalue weighted by Gasteiger charge is -2.20. The van der Waals surface area contributed by atoms with Crippen molar-refractivity contribution >= 4 is 53.1 Å². The maximum absolute atomic E-state index is 13.5. The molecule has 3 aromatic rings. The van der Waals surface area contributed by atoms with Gasteiger partial charge in [-0.15, -0.1) is 15.7 Å². The number of aromatic hydroxyl groups is 1. The molecular formula is C22H25N5O6S3. The number of amidine groups is 1. The van der Waals surface area contributed by atoms with Crippen LogP contribution in [0.1, 0.15) is 37.3 Å². The van der Waals surface area contributed by atoms with Gasteiger partial charge in [-0.3, -0.25) is 4.79 Å². The number of rotatable bonds is 8. The number of nitrogens with two attached hydrogens (primary N) is 1. The van der Waals surface area contributed by atoms with Crippen LogP contribution in [0.2, 0.25) is 0 Å². The summed E-state index contributed by atoms with van der Waals surface area (Å²) in [5, 5.41) is 20.5. The number of pyridine rings is 1. The van der Waals surface area contributed by atoms with Crippen LogP contribution in [0, 0.1) is 5.92 Å². The topological polar surface area (TPSA) is 173 Å². The predicted octanol–water partition coefficient (Wildman–Crippen LogP) is 1.89. The summed E-state index contributed by atoms with van der Waals surface area (Å²) in [6, 6.07) is 6.79. The molecule has 5 rings (SSSR count). The third kappa shape index (κ3) is 4.49. The molecule has 0 amide bonds.